The average molecular weight is 226 g/mol. The molecule has 0 atom stereocenters. The summed E-state index contributed by atoms with van der Waals surface area (Å²) in [5, 5.41) is 0. The Hall–Kier alpha value is 0.254. The van der Waals surface area contributed by atoms with Crippen molar-refractivity contribution in [2.24, 2.45) is 0 Å². The molecule has 0 nitrogen and oxygen atoms in total. The van der Waals surface area contributed by atoms with Crippen molar-refractivity contribution >= 4 is 0 Å². The van der Waals surface area contributed by atoms with Gasteiger partial charge in [-0.2, -0.15) is 17.7 Å². The molecular formula is C9H10FY-. The van der Waals surface area contributed by atoms with Gasteiger partial charge < -0.3 is 0 Å². The zero-order valence-electron chi connectivity index (χ0n) is 7.03. The Morgan fingerprint density at radius 3 is 2.27 bits per heavy atom. The molecule has 1 aromatic rings. The van der Waals surface area contributed by atoms with Gasteiger partial charge in [0.25, 0.3) is 0 Å². The van der Waals surface area contributed by atoms with Crippen molar-refractivity contribution in [2.45, 2.75) is 20.8 Å². The summed E-state index contributed by atoms with van der Waals surface area (Å²) >= 11 is 0. The normalized spacial score (nSPS) is 9.09. The van der Waals surface area contributed by atoms with E-state index < -0.39 is 0 Å². The first-order valence-corrected chi connectivity index (χ1v) is 3.27. The van der Waals surface area contributed by atoms with Crippen molar-refractivity contribution in [3.05, 3.63) is 34.6 Å². The first-order chi connectivity index (χ1) is 4.61. The molecule has 0 bridgehead atoms. The van der Waals surface area contributed by atoms with Crippen molar-refractivity contribution in [1.29, 1.82) is 0 Å². The maximum Gasteiger partial charge on any atom is 0.0145 e. The van der Waals surface area contributed by atoms with Gasteiger partial charge in [0, 0.05) is 38.5 Å². The van der Waals surface area contributed by atoms with Gasteiger partial charge in [0.1, 0.15) is 0 Å². The number of benzene rings is 1. The third kappa shape index (κ3) is 2.64. The summed E-state index contributed by atoms with van der Waals surface area (Å²) in [6, 6.07) is 4.70. The van der Waals surface area contributed by atoms with Crippen LogP contribution in [0.25, 0.3) is 0 Å². The molecule has 0 aromatic heterocycles. The quantitative estimate of drug-likeness (QED) is 0.596. The predicted molar refractivity (Wildman–Crippen MR) is 39.4 cm³/mol. The number of halogens is 1. The molecule has 0 amide bonds. The monoisotopic (exact) mass is 226 g/mol. The van der Waals surface area contributed by atoms with Gasteiger partial charge in [-0.1, -0.05) is 20.8 Å². The number of hydrogen-bond donors (Lipinski definition) is 0. The van der Waals surface area contributed by atoms with E-state index in [4.69, 9.17) is 0 Å². The minimum Gasteiger partial charge on any atom is -0.284 e. The standard InChI is InChI=1S/C9H10F.Y/c1-6-4-7(2)9(10)8(3)5-6;/h4H,1-3H3;/q-1;. The molecule has 0 unspecified atom stereocenters. The summed E-state index contributed by atoms with van der Waals surface area (Å²) in [5.41, 5.74) is 2.31. The second-order valence-corrected chi connectivity index (χ2v) is 2.57. The second-order valence-electron chi connectivity index (χ2n) is 2.57. The Morgan fingerprint density at radius 1 is 1.27 bits per heavy atom. The molecule has 0 heterocycles. The fraction of sp³-hybridized carbons (Fsp3) is 0.333. The number of aryl methyl sites for hydroxylation is 3. The van der Waals surface area contributed by atoms with Gasteiger partial charge in [-0.3, -0.25) is 4.39 Å². The fourth-order valence-electron chi connectivity index (χ4n) is 1.07. The van der Waals surface area contributed by atoms with Crippen LogP contribution >= 0.6 is 0 Å². The molecule has 0 saturated carbocycles. The van der Waals surface area contributed by atoms with Crippen LogP contribution in [0.15, 0.2) is 6.07 Å². The van der Waals surface area contributed by atoms with Crippen LogP contribution in [0.2, 0.25) is 0 Å². The third-order valence-electron chi connectivity index (χ3n) is 1.49. The van der Waals surface area contributed by atoms with Gasteiger partial charge in [0.05, 0.1) is 0 Å². The Bertz CT molecular complexity index is 233. The van der Waals surface area contributed by atoms with Gasteiger partial charge in [-0.25, -0.2) is 0 Å². The number of rotatable bonds is 0. The topological polar surface area (TPSA) is 0 Å². The summed E-state index contributed by atoms with van der Waals surface area (Å²) in [6.07, 6.45) is 0. The first kappa shape index (κ1) is 11.3. The zero-order valence-corrected chi connectivity index (χ0v) is 9.87. The van der Waals surface area contributed by atoms with Gasteiger partial charge >= 0.3 is 0 Å². The summed E-state index contributed by atoms with van der Waals surface area (Å²) < 4.78 is 12.9. The van der Waals surface area contributed by atoms with E-state index in [1.54, 1.807) is 19.9 Å². The summed E-state index contributed by atoms with van der Waals surface area (Å²) in [4.78, 5) is 0. The molecule has 0 aliphatic heterocycles. The van der Waals surface area contributed by atoms with E-state index in [1.165, 1.54) is 0 Å². The Kier molecular flexibility index (Phi) is 4.42. The average Bonchev–Trinajstić information content (AvgIpc) is 1.82. The van der Waals surface area contributed by atoms with E-state index in [0.29, 0.717) is 11.1 Å². The van der Waals surface area contributed by atoms with Crippen molar-refractivity contribution in [1.82, 2.24) is 0 Å². The van der Waals surface area contributed by atoms with E-state index in [0.717, 1.165) is 5.56 Å². The summed E-state index contributed by atoms with van der Waals surface area (Å²) in [7, 11) is 0. The van der Waals surface area contributed by atoms with E-state index in [1.807, 2.05) is 6.92 Å². The van der Waals surface area contributed by atoms with Crippen molar-refractivity contribution in [3.8, 4) is 0 Å². The van der Waals surface area contributed by atoms with Crippen LogP contribution in [0.3, 0.4) is 0 Å². The maximum absolute atomic E-state index is 12.9. The fourth-order valence-corrected chi connectivity index (χ4v) is 1.07. The molecule has 1 rings (SSSR count). The van der Waals surface area contributed by atoms with Crippen molar-refractivity contribution < 1.29 is 37.1 Å². The van der Waals surface area contributed by atoms with Gasteiger partial charge in [-0.15, -0.1) is 11.1 Å². The molecule has 11 heavy (non-hydrogen) atoms. The molecule has 1 aromatic carbocycles. The molecule has 0 spiro atoms. The smallest absolute Gasteiger partial charge is 0.0145 e. The van der Waals surface area contributed by atoms with Crippen LogP contribution in [0.5, 0.6) is 0 Å². The van der Waals surface area contributed by atoms with E-state index in [9.17, 15) is 4.39 Å². The van der Waals surface area contributed by atoms with Gasteiger partial charge in [0.15, 0.2) is 0 Å². The Labute approximate surface area is 92.1 Å². The summed E-state index contributed by atoms with van der Waals surface area (Å²) in [5.74, 6) is -0.134. The number of hydrogen-bond acceptors (Lipinski definition) is 0. The molecule has 0 saturated heterocycles. The Morgan fingerprint density at radius 2 is 1.82 bits per heavy atom. The van der Waals surface area contributed by atoms with E-state index in [2.05, 4.69) is 6.07 Å². The van der Waals surface area contributed by atoms with Crippen LogP contribution < -0.4 is 0 Å². The first-order valence-electron chi connectivity index (χ1n) is 3.27. The minimum atomic E-state index is -0.134. The van der Waals surface area contributed by atoms with E-state index in [-0.39, 0.29) is 38.5 Å². The van der Waals surface area contributed by atoms with Crippen LogP contribution in [-0.4, -0.2) is 0 Å². The third-order valence-corrected chi connectivity index (χ3v) is 1.49. The maximum atomic E-state index is 12.9. The van der Waals surface area contributed by atoms with E-state index >= 15 is 0 Å². The second kappa shape index (κ2) is 4.32. The van der Waals surface area contributed by atoms with Crippen LogP contribution in [0.4, 0.5) is 4.39 Å². The largest absolute Gasteiger partial charge is 0.284 e. The molecule has 0 fully saturated rings. The van der Waals surface area contributed by atoms with Gasteiger partial charge in [-0.05, 0) is 0 Å². The molecule has 1 radical (unpaired) electrons. The predicted octanol–water partition coefficient (Wildman–Crippen LogP) is 2.55. The Balaban J connectivity index is 0.000001000. The van der Waals surface area contributed by atoms with Gasteiger partial charge in [0.2, 0.25) is 0 Å². The van der Waals surface area contributed by atoms with Crippen molar-refractivity contribution in [3.63, 3.8) is 0 Å². The molecule has 0 aliphatic rings. The zero-order chi connectivity index (χ0) is 7.72. The molecular weight excluding hydrogens is 216 g/mol. The molecule has 0 N–H and O–H groups in total. The van der Waals surface area contributed by atoms with Crippen LogP contribution in [0, 0.1) is 32.7 Å². The van der Waals surface area contributed by atoms with Crippen LogP contribution in [-0.2, 0) is 32.7 Å². The molecule has 0 aliphatic carbocycles. The minimum absolute atomic E-state index is 0. The van der Waals surface area contributed by atoms with Crippen LogP contribution in [0.1, 0.15) is 16.7 Å². The SMILES string of the molecule is Cc1[c-]c(C)c(F)c(C)c1.[Y]. The summed E-state index contributed by atoms with van der Waals surface area (Å²) in [6.45, 7) is 5.41. The molecule has 2 heteroatoms. The van der Waals surface area contributed by atoms with Crippen molar-refractivity contribution in [2.75, 3.05) is 0 Å². The molecule has 57 valence electrons.